The van der Waals surface area contributed by atoms with Crippen molar-refractivity contribution in [2.75, 3.05) is 27.2 Å². The Morgan fingerprint density at radius 3 is 2.83 bits per heavy atom. The molecule has 154 valence electrons. The number of benzene rings is 1. The monoisotopic (exact) mass is 397 g/mol. The maximum atomic E-state index is 12.6. The van der Waals surface area contributed by atoms with Gasteiger partial charge < -0.3 is 30.6 Å². The molecule has 29 heavy (non-hydrogen) atoms. The lowest BCUT2D eigenvalue weighted by atomic mass is 9.94. The molecular formula is C22H27N3O4. The molecule has 5 N–H and O–H groups in total. The van der Waals surface area contributed by atoms with Crippen molar-refractivity contribution in [3.8, 4) is 11.5 Å². The van der Waals surface area contributed by atoms with Crippen LogP contribution in [0.3, 0.4) is 0 Å². The SMILES string of the molecule is CN(C)CCNCc1c(O)ccc(/C(=C\N)c2cc3c(oc2=O)C=CCC3)c1O. The second-order valence-corrected chi connectivity index (χ2v) is 7.30. The summed E-state index contributed by atoms with van der Waals surface area (Å²) < 4.78 is 5.44. The van der Waals surface area contributed by atoms with Crippen LogP contribution in [0.4, 0.5) is 0 Å². The Bertz CT molecular complexity index is 1010. The lowest BCUT2D eigenvalue weighted by molar-refractivity contribution is 0.394. The molecule has 0 aliphatic heterocycles. The number of nitrogens with two attached hydrogens (primary N) is 1. The first kappa shape index (κ1) is 20.7. The predicted molar refractivity (Wildman–Crippen MR) is 114 cm³/mol. The first-order valence-electron chi connectivity index (χ1n) is 9.57. The molecule has 0 amide bonds. The number of likely N-dealkylation sites (N-methyl/N-ethyl adjacent to an activating group) is 1. The van der Waals surface area contributed by atoms with Crippen LogP contribution in [0.5, 0.6) is 11.5 Å². The predicted octanol–water partition coefficient (Wildman–Crippen LogP) is 2.01. The summed E-state index contributed by atoms with van der Waals surface area (Å²) in [6.45, 7) is 1.79. The molecule has 0 fully saturated rings. The van der Waals surface area contributed by atoms with E-state index in [-0.39, 0.29) is 23.6 Å². The van der Waals surface area contributed by atoms with Crippen LogP contribution in [0.2, 0.25) is 0 Å². The van der Waals surface area contributed by atoms with Gasteiger partial charge in [-0.3, -0.25) is 0 Å². The fourth-order valence-electron chi connectivity index (χ4n) is 3.34. The fourth-order valence-corrected chi connectivity index (χ4v) is 3.34. The molecule has 0 atom stereocenters. The van der Waals surface area contributed by atoms with Crippen molar-refractivity contribution in [3.63, 3.8) is 0 Å². The van der Waals surface area contributed by atoms with E-state index in [1.54, 1.807) is 18.2 Å². The Morgan fingerprint density at radius 2 is 2.10 bits per heavy atom. The summed E-state index contributed by atoms with van der Waals surface area (Å²) in [5.41, 5.74) is 7.61. The third-order valence-electron chi connectivity index (χ3n) is 4.95. The minimum atomic E-state index is -0.523. The molecule has 0 saturated carbocycles. The molecule has 0 saturated heterocycles. The number of fused-ring (bicyclic) bond motifs is 1. The van der Waals surface area contributed by atoms with Gasteiger partial charge in [0.1, 0.15) is 17.3 Å². The molecule has 7 heteroatoms. The fraction of sp³-hybridized carbons (Fsp3) is 0.318. The highest BCUT2D eigenvalue weighted by molar-refractivity contribution is 5.83. The Kier molecular flexibility index (Phi) is 6.41. The van der Waals surface area contributed by atoms with Gasteiger partial charge in [-0.2, -0.15) is 0 Å². The van der Waals surface area contributed by atoms with E-state index in [2.05, 4.69) is 5.32 Å². The van der Waals surface area contributed by atoms with E-state index < -0.39 is 5.63 Å². The lowest BCUT2D eigenvalue weighted by Crippen LogP contribution is -2.26. The molecule has 1 aliphatic carbocycles. The molecule has 1 aromatic heterocycles. The highest BCUT2D eigenvalue weighted by atomic mass is 16.4. The molecule has 3 rings (SSSR count). The zero-order valence-corrected chi connectivity index (χ0v) is 16.7. The zero-order valence-electron chi connectivity index (χ0n) is 16.7. The smallest absolute Gasteiger partial charge is 0.344 e. The quantitative estimate of drug-likeness (QED) is 0.529. The van der Waals surface area contributed by atoms with Crippen molar-refractivity contribution in [3.05, 3.63) is 68.9 Å². The van der Waals surface area contributed by atoms with Crippen LogP contribution in [-0.2, 0) is 13.0 Å². The zero-order chi connectivity index (χ0) is 21.0. The van der Waals surface area contributed by atoms with Crippen molar-refractivity contribution in [1.29, 1.82) is 0 Å². The van der Waals surface area contributed by atoms with E-state index in [0.29, 0.717) is 29.0 Å². The van der Waals surface area contributed by atoms with E-state index in [1.165, 1.54) is 12.3 Å². The van der Waals surface area contributed by atoms with Gasteiger partial charge in [-0.15, -0.1) is 0 Å². The van der Waals surface area contributed by atoms with Crippen molar-refractivity contribution in [1.82, 2.24) is 10.2 Å². The van der Waals surface area contributed by atoms with Crippen molar-refractivity contribution < 1.29 is 14.6 Å². The number of nitrogens with one attached hydrogen (secondary N) is 1. The summed E-state index contributed by atoms with van der Waals surface area (Å²) in [5, 5.41) is 24.2. The van der Waals surface area contributed by atoms with Gasteiger partial charge in [0.05, 0.1) is 11.1 Å². The van der Waals surface area contributed by atoms with E-state index in [1.807, 2.05) is 25.1 Å². The first-order valence-corrected chi connectivity index (χ1v) is 9.57. The third kappa shape index (κ3) is 4.52. The van der Waals surface area contributed by atoms with E-state index in [0.717, 1.165) is 24.9 Å². The van der Waals surface area contributed by atoms with Crippen LogP contribution in [0.15, 0.2) is 39.7 Å². The van der Waals surface area contributed by atoms with Gasteiger partial charge in [0, 0.05) is 37.0 Å². The van der Waals surface area contributed by atoms with Gasteiger partial charge in [0.25, 0.3) is 0 Å². The molecule has 1 aromatic carbocycles. The van der Waals surface area contributed by atoms with Gasteiger partial charge in [-0.25, -0.2) is 4.79 Å². The minimum Gasteiger partial charge on any atom is -0.507 e. The van der Waals surface area contributed by atoms with Gasteiger partial charge >= 0.3 is 5.63 Å². The van der Waals surface area contributed by atoms with E-state index in [4.69, 9.17) is 10.2 Å². The highest BCUT2D eigenvalue weighted by Crippen LogP contribution is 2.36. The Labute approximate surface area is 169 Å². The van der Waals surface area contributed by atoms with Crippen LogP contribution in [0.1, 0.15) is 34.4 Å². The van der Waals surface area contributed by atoms with Crippen molar-refractivity contribution in [2.45, 2.75) is 19.4 Å². The first-order chi connectivity index (χ1) is 13.9. The number of phenolic OH excluding ortho intramolecular Hbond substituents is 2. The number of rotatable bonds is 7. The molecule has 1 aliphatic rings. The molecule has 1 heterocycles. The topological polar surface area (TPSA) is 112 Å². The minimum absolute atomic E-state index is 0.0254. The van der Waals surface area contributed by atoms with Crippen LogP contribution < -0.4 is 16.7 Å². The molecule has 0 radical (unpaired) electrons. The highest BCUT2D eigenvalue weighted by Gasteiger charge is 2.20. The third-order valence-corrected chi connectivity index (χ3v) is 4.95. The van der Waals surface area contributed by atoms with E-state index in [9.17, 15) is 15.0 Å². The summed E-state index contributed by atoms with van der Waals surface area (Å²) in [4.78, 5) is 14.6. The van der Waals surface area contributed by atoms with Gasteiger partial charge in [0.15, 0.2) is 0 Å². The summed E-state index contributed by atoms with van der Waals surface area (Å²) in [7, 11) is 3.94. The normalized spacial score (nSPS) is 13.7. The number of aryl methyl sites for hydroxylation is 1. The number of nitrogens with zero attached hydrogens (tertiary/aromatic N) is 1. The van der Waals surface area contributed by atoms with Gasteiger partial charge in [-0.1, -0.05) is 6.08 Å². The van der Waals surface area contributed by atoms with E-state index >= 15 is 0 Å². The van der Waals surface area contributed by atoms with Crippen molar-refractivity contribution in [2.24, 2.45) is 5.73 Å². The molecule has 7 nitrogen and oxygen atoms in total. The number of phenols is 2. The average molecular weight is 397 g/mol. The van der Waals surface area contributed by atoms with Crippen LogP contribution in [0.25, 0.3) is 11.6 Å². The van der Waals surface area contributed by atoms with Crippen LogP contribution in [-0.4, -0.2) is 42.3 Å². The summed E-state index contributed by atoms with van der Waals surface area (Å²) >= 11 is 0. The maximum absolute atomic E-state index is 12.6. The second-order valence-electron chi connectivity index (χ2n) is 7.30. The summed E-state index contributed by atoms with van der Waals surface area (Å²) in [5.74, 6) is 0.417. The number of allylic oxidation sites excluding steroid dienone is 1. The largest absolute Gasteiger partial charge is 0.507 e. The second kappa shape index (κ2) is 8.98. The van der Waals surface area contributed by atoms with Crippen LogP contribution in [0, 0.1) is 0 Å². The molecule has 0 unspecified atom stereocenters. The van der Waals surface area contributed by atoms with Gasteiger partial charge in [0.2, 0.25) is 0 Å². The standard InChI is InChI=1S/C22H27N3O4/c1-25(2)10-9-24-13-18-19(26)8-7-15(21(18)27)17(12-23)16-11-14-5-3-4-6-20(14)29-22(16)28/h4,6-8,11-12,24,26-27H,3,5,9-10,13,23H2,1-2H3/b17-12+. The van der Waals surface area contributed by atoms with Gasteiger partial charge in [-0.05, 0) is 56.8 Å². The number of hydrogen-bond donors (Lipinski definition) is 4. The number of hydrogen-bond acceptors (Lipinski definition) is 7. The Hall–Kier alpha value is -3.03. The average Bonchev–Trinajstić information content (AvgIpc) is 2.69. The van der Waals surface area contributed by atoms with Crippen LogP contribution >= 0.6 is 0 Å². The Balaban J connectivity index is 1.96. The molecular weight excluding hydrogens is 370 g/mol. The lowest BCUT2D eigenvalue weighted by Gasteiger charge is -2.16. The summed E-state index contributed by atoms with van der Waals surface area (Å²) in [6, 6.07) is 4.81. The molecule has 2 aromatic rings. The molecule has 0 bridgehead atoms. The maximum Gasteiger partial charge on any atom is 0.344 e. The summed E-state index contributed by atoms with van der Waals surface area (Å²) in [6.07, 6.45) is 6.68. The van der Waals surface area contributed by atoms with Crippen molar-refractivity contribution >= 4 is 11.6 Å². The Morgan fingerprint density at radius 1 is 1.31 bits per heavy atom. The molecule has 0 spiro atoms. The number of aromatic hydroxyl groups is 2.